The van der Waals surface area contributed by atoms with Crippen LogP contribution < -0.4 is 10.2 Å². The lowest BCUT2D eigenvalue weighted by molar-refractivity contribution is -0.117. The number of thiophene rings is 1. The predicted octanol–water partition coefficient (Wildman–Crippen LogP) is 3.04. The van der Waals surface area contributed by atoms with Crippen molar-refractivity contribution >= 4 is 29.0 Å². The van der Waals surface area contributed by atoms with Gasteiger partial charge < -0.3 is 10.2 Å². The van der Waals surface area contributed by atoms with Crippen LogP contribution in [0.25, 0.3) is 6.08 Å². The lowest BCUT2D eigenvalue weighted by Crippen LogP contribution is -2.23. The monoisotopic (exact) mass is 311 g/mol. The highest BCUT2D eigenvalue weighted by atomic mass is 32.1. The predicted molar refractivity (Wildman–Crippen MR) is 90.5 cm³/mol. The maximum absolute atomic E-state index is 12.0. The van der Waals surface area contributed by atoms with E-state index in [9.17, 15) is 10.1 Å². The highest BCUT2D eigenvalue weighted by Gasteiger charge is 2.09. The van der Waals surface area contributed by atoms with Crippen molar-refractivity contribution in [3.8, 4) is 6.07 Å². The number of carbonyl (C=O) groups is 1. The van der Waals surface area contributed by atoms with Crippen LogP contribution >= 0.6 is 11.3 Å². The van der Waals surface area contributed by atoms with E-state index in [2.05, 4.69) is 5.32 Å². The lowest BCUT2D eigenvalue weighted by atomic mass is 10.1. The van der Waals surface area contributed by atoms with Gasteiger partial charge in [-0.1, -0.05) is 18.2 Å². The normalized spacial score (nSPS) is 10.9. The van der Waals surface area contributed by atoms with Gasteiger partial charge >= 0.3 is 0 Å². The average molecular weight is 311 g/mol. The van der Waals surface area contributed by atoms with E-state index < -0.39 is 0 Å². The Morgan fingerprint density at radius 2 is 2.05 bits per heavy atom. The van der Waals surface area contributed by atoms with E-state index in [1.807, 2.05) is 66.8 Å². The van der Waals surface area contributed by atoms with Crippen LogP contribution in [0.3, 0.4) is 0 Å². The van der Waals surface area contributed by atoms with Crippen molar-refractivity contribution in [3.05, 3.63) is 57.8 Å². The Kier molecular flexibility index (Phi) is 5.34. The van der Waals surface area contributed by atoms with Crippen LogP contribution in [0.2, 0.25) is 0 Å². The summed E-state index contributed by atoms with van der Waals surface area (Å²) in [6, 6.07) is 13.5. The second-order valence-corrected chi connectivity index (χ2v) is 5.95. The zero-order valence-corrected chi connectivity index (χ0v) is 13.4. The summed E-state index contributed by atoms with van der Waals surface area (Å²) < 4.78 is 0. The molecule has 0 aliphatic carbocycles. The number of amides is 1. The second kappa shape index (κ2) is 7.43. The summed E-state index contributed by atoms with van der Waals surface area (Å²) >= 11 is 1.57. The van der Waals surface area contributed by atoms with Gasteiger partial charge in [0.2, 0.25) is 0 Å². The maximum Gasteiger partial charge on any atom is 0.262 e. The Balaban J connectivity index is 2.06. The minimum Gasteiger partial charge on any atom is -0.378 e. The molecule has 0 bridgehead atoms. The Bertz CT molecular complexity index is 695. The standard InChI is InChI=1S/C17H17N3OS/c1-20(2)15-7-5-13(6-8-15)10-14(11-18)17(21)19-12-16-4-3-9-22-16/h3-10H,12H2,1-2H3,(H,19,21). The third-order valence-corrected chi connectivity index (χ3v) is 3.97. The van der Waals surface area contributed by atoms with Gasteiger partial charge in [0.25, 0.3) is 5.91 Å². The molecule has 0 unspecified atom stereocenters. The third kappa shape index (κ3) is 4.21. The molecule has 5 heteroatoms. The van der Waals surface area contributed by atoms with Crippen molar-refractivity contribution in [3.63, 3.8) is 0 Å². The first-order valence-corrected chi connectivity index (χ1v) is 7.68. The summed E-state index contributed by atoms with van der Waals surface area (Å²) in [5.41, 5.74) is 2.00. The number of hydrogen-bond donors (Lipinski definition) is 1. The fourth-order valence-corrected chi connectivity index (χ4v) is 2.50. The summed E-state index contributed by atoms with van der Waals surface area (Å²) in [6.45, 7) is 0.440. The van der Waals surface area contributed by atoms with Gasteiger partial charge in [0.15, 0.2) is 0 Å². The molecule has 2 aromatic rings. The third-order valence-electron chi connectivity index (χ3n) is 3.09. The van der Waals surface area contributed by atoms with Crippen LogP contribution in [0.5, 0.6) is 0 Å². The number of nitrogens with zero attached hydrogens (tertiary/aromatic N) is 2. The smallest absolute Gasteiger partial charge is 0.262 e. The van der Waals surface area contributed by atoms with Crippen molar-refractivity contribution in [2.45, 2.75) is 6.54 Å². The molecule has 0 saturated carbocycles. The first-order valence-electron chi connectivity index (χ1n) is 6.80. The molecule has 0 atom stereocenters. The minimum atomic E-state index is -0.354. The van der Waals surface area contributed by atoms with Gasteiger partial charge in [-0.2, -0.15) is 5.26 Å². The van der Waals surface area contributed by atoms with Gasteiger partial charge in [-0.3, -0.25) is 4.79 Å². The van der Waals surface area contributed by atoms with Crippen molar-refractivity contribution in [1.29, 1.82) is 5.26 Å². The van der Waals surface area contributed by atoms with Gasteiger partial charge in [0, 0.05) is 24.7 Å². The summed E-state index contributed by atoms with van der Waals surface area (Å²) in [6.07, 6.45) is 1.60. The zero-order valence-electron chi connectivity index (χ0n) is 12.5. The molecular weight excluding hydrogens is 294 g/mol. The fraction of sp³-hybridized carbons (Fsp3) is 0.176. The Hall–Kier alpha value is -2.58. The SMILES string of the molecule is CN(C)c1ccc(C=C(C#N)C(=O)NCc2cccs2)cc1. The topological polar surface area (TPSA) is 56.1 Å². The summed E-state index contributed by atoms with van der Waals surface area (Å²) in [5, 5.41) is 13.9. The first-order chi connectivity index (χ1) is 10.6. The largest absolute Gasteiger partial charge is 0.378 e. The van der Waals surface area contributed by atoms with E-state index in [-0.39, 0.29) is 11.5 Å². The number of carbonyl (C=O) groups excluding carboxylic acids is 1. The molecule has 2 rings (SSSR count). The summed E-state index contributed by atoms with van der Waals surface area (Å²) in [7, 11) is 3.92. The molecule has 1 heterocycles. The maximum atomic E-state index is 12.0. The molecule has 0 aliphatic heterocycles. The average Bonchev–Trinajstić information content (AvgIpc) is 3.04. The molecule has 1 aromatic carbocycles. The van der Waals surface area contributed by atoms with Gasteiger partial charge in [0.05, 0.1) is 6.54 Å². The number of nitrogens with one attached hydrogen (secondary N) is 1. The van der Waals surface area contributed by atoms with Gasteiger partial charge in [-0.05, 0) is 35.2 Å². The molecule has 22 heavy (non-hydrogen) atoms. The van der Waals surface area contributed by atoms with E-state index in [1.165, 1.54) is 0 Å². The van der Waals surface area contributed by atoms with Crippen molar-refractivity contribution in [2.24, 2.45) is 0 Å². The number of rotatable bonds is 5. The molecule has 4 nitrogen and oxygen atoms in total. The molecule has 0 saturated heterocycles. The molecule has 1 N–H and O–H groups in total. The van der Waals surface area contributed by atoms with E-state index in [4.69, 9.17) is 0 Å². The number of benzene rings is 1. The van der Waals surface area contributed by atoms with Crippen LogP contribution in [0.15, 0.2) is 47.4 Å². The zero-order chi connectivity index (χ0) is 15.9. The molecule has 0 spiro atoms. The molecule has 0 aliphatic rings. The highest BCUT2D eigenvalue weighted by Crippen LogP contribution is 2.15. The fourth-order valence-electron chi connectivity index (χ4n) is 1.86. The summed E-state index contributed by atoms with van der Waals surface area (Å²) in [4.78, 5) is 15.1. The van der Waals surface area contributed by atoms with Crippen LogP contribution in [0, 0.1) is 11.3 Å². The Morgan fingerprint density at radius 3 is 2.59 bits per heavy atom. The number of anilines is 1. The van der Waals surface area contributed by atoms with E-state index in [1.54, 1.807) is 17.4 Å². The van der Waals surface area contributed by atoms with Crippen LogP contribution in [0.4, 0.5) is 5.69 Å². The number of nitriles is 1. The van der Waals surface area contributed by atoms with Crippen LogP contribution in [-0.4, -0.2) is 20.0 Å². The highest BCUT2D eigenvalue weighted by molar-refractivity contribution is 7.09. The summed E-state index contributed by atoms with van der Waals surface area (Å²) in [5.74, 6) is -0.354. The van der Waals surface area contributed by atoms with Crippen molar-refractivity contribution < 1.29 is 4.79 Å². The van der Waals surface area contributed by atoms with Crippen LogP contribution in [-0.2, 0) is 11.3 Å². The molecular formula is C17H17N3OS. The van der Waals surface area contributed by atoms with Gasteiger partial charge in [-0.25, -0.2) is 0 Å². The second-order valence-electron chi connectivity index (χ2n) is 4.92. The molecule has 1 amide bonds. The Labute approximate surface area is 134 Å². The van der Waals surface area contributed by atoms with E-state index in [0.717, 1.165) is 16.1 Å². The van der Waals surface area contributed by atoms with E-state index in [0.29, 0.717) is 6.54 Å². The first kappa shape index (κ1) is 15.8. The van der Waals surface area contributed by atoms with Gasteiger partial charge in [0.1, 0.15) is 11.6 Å². The molecule has 112 valence electrons. The minimum absolute atomic E-state index is 0.106. The van der Waals surface area contributed by atoms with Gasteiger partial charge in [-0.15, -0.1) is 11.3 Å². The van der Waals surface area contributed by atoms with E-state index >= 15 is 0 Å². The molecule has 0 fully saturated rings. The van der Waals surface area contributed by atoms with Crippen molar-refractivity contribution in [2.75, 3.05) is 19.0 Å². The van der Waals surface area contributed by atoms with Crippen LogP contribution in [0.1, 0.15) is 10.4 Å². The molecule has 0 radical (unpaired) electrons. The molecule has 1 aromatic heterocycles. The Morgan fingerprint density at radius 1 is 1.32 bits per heavy atom. The number of hydrogen-bond acceptors (Lipinski definition) is 4. The lowest BCUT2D eigenvalue weighted by Gasteiger charge is -2.11. The quantitative estimate of drug-likeness (QED) is 0.682. The van der Waals surface area contributed by atoms with Crippen molar-refractivity contribution in [1.82, 2.24) is 5.32 Å².